The zero-order valence-corrected chi connectivity index (χ0v) is 11.5. The van der Waals surface area contributed by atoms with Crippen LogP contribution in [0.25, 0.3) is 0 Å². The molecule has 0 atom stereocenters. The van der Waals surface area contributed by atoms with Crippen molar-refractivity contribution in [3.05, 3.63) is 28.8 Å². The molecule has 0 radical (unpaired) electrons. The van der Waals surface area contributed by atoms with Crippen LogP contribution in [0.2, 0.25) is 5.02 Å². The topological polar surface area (TPSA) is 30.3 Å². The van der Waals surface area contributed by atoms with E-state index >= 15 is 0 Å². The van der Waals surface area contributed by atoms with Crippen molar-refractivity contribution < 1.29 is 0 Å². The van der Waals surface area contributed by atoms with Crippen LogP contribution in [0.1, 0.15) is 12.0 Å². The molecule has 0 saturated carbocycles. The zero-order valence-electron chi connectivity index (χ0n) is 10.8. The van der Waals surface area contributed by atoms with Crippen molar-refractivity contribution >= 4 is 17.3 Å². The summed E-state index contributed by atoms with van der Waals surface area (Å²) in [5, 5.41) is 9.83. The quantitative estimate of drug-likeness (QED) is 0.792. The summed E-state index contributed by atoms with van der Waals surface area (Å²) in [5.74, 6) is 2.67. The molecule has 0 N–H and O–H groups in total. The van der Waals surface area contributed by atoms with Gasteiger partial charge in [-0.05, 0) is 18.2 Å². The molecular formula is C15H16ClN3. The molecule has 1 aliphatic rings. The smallest absolute Gasteiger partial charge is 0.101 e. The van der Waals surface area contributed by atoms with Crippen LogP contribution < -0.4 is 4.90 Å². The Morgan fingerprint density at radius 1 is 1.26 bits per heavy atom. The molecule has 1 fully saturated rings. The molecule has 19 heavy (non-hydrogen) atoms. The maximum Gasteiger partial charge on any atom is 0.101 e. The van der Waals surface area contributed by atoms with Crippen LogP contribution in [0, 0.1) is 23.7 Å². The summed E-state index contributed by atoms with van der Waals surface area (Å²) in [5.41, 5.74) is 1.62. The highest BCUT2D eigenvalue weighted by molar-refractivity contribution is 6.30. The van der Waals surface area contributed by atoms with Gasteiger partial charge in [0.15, 0.2) is 0 Å². The number of piperazine rings is 1. The van der Waals surface area contributed by atoms with Gasteiger partial charge in [-0.25, -0.2) is 0 Å². The van der Waals surface area contributed by atoms with Crippen LogP contribution in [0.5, 0.6) is 0 Å². The monoisotopic (exact) mass is 273 g/mol. The molecule has 0 aromatic heterocycles. The largest absolute Gasteiger partial charge is 0.368 e. The Hall–Kier alpha value is -1.68. The number of anilines is 1. The van der Waals surface area contributed by atoms with Crippen molar-refractivity contribution in [1.82, 2.24) is 4.90 Å². The van der Waals surface area contributed by atoms with Crippen molar-refractivity contribution in [2.45, 2.75) is 6.42 Å². The van der Waals surface area contributed by atoms with Gasteiger partial charge in [0, 0.05) is 44.2 Å². The standard InChI is InChI=1S/C15H16ClN3/c1-2-3-6-18-7-9-19(10-8-18)15-11-14(16)5-4-13(15)12-17/h1,4-5,11H,3,6-10H2. The zero-order chi connectivity index (χ0) is 13.7. The fourth-order valence-corrected chi connectivity index (χ4v) is 2.46. The maximum absolute atomic E-state index is 9.16. The van der Waals surface area contributed by atoms with Crippen molar-refractivity contribution in [3.63, 3.8) is 0 Å². The number of nitrogens with zero attached hydrogens (tertiary/aromatic N) is 3. The summed E-state index contributed by atoms with van der Waals surface area (Å²) in [7, 11) is 0. The van der Waals surface area contributed by atoms with Crippen molar-refractivity contribution in [1.29, 1.82) is 5.26 Å². The van der Waals surface area contributed by atoms with Crippen LogP contribution in [0.3, 0.4) is 0 Å². The fraction of sp³-hybridized carbons (Fsp3) is 0.400. The Bertz CT molecular complexity index is 519. The second kappa shape index (κ2) is 6.48. The van der Waals surface area contributed by atoms with Gasteiger partial charge in [0.25, 0.3) is 0 Å². The highest BCUT2D eigenvalue weighted by Crippen LogP contribution is 2.25. The highest BCUT2D eigenvalue weighted by atomic mass is 35.5. The molecule has 2 rings (SSSR count). The number of nitriles is 1. The summed E-state index contributed by atoms with van der Waals surface area (Å²) in [6.07, 6.45) is 6.07. The average molecular weight is 274 g/mol. The molecule has 98 valence electrons. The van der Waals surface area contributed by atoms with E-state index in [0.29, 0.717) is 10.6 Å². The Morgan fingerprint density at radius 3 is 2.63 bits per heavy atom. The number of halogens is 1. The molecule has 1 saturated heterocycles. The third-order valence-electron chi connectivity index (χ3n) is 3.37. The fourth-order valence-electron chi connectivity index (χ4n) is 2.30. The SMILES string of the molecule is C#CCCN1CCN(c2cc(Cl)ccc2C#N)CC1. The Morgan fingerprint density at radius 2 is 2.00 bits per heavy atom. The minimum atomic E-state index is 0.670. The van der Waals surface area contributed by atoms with Gasteiger partial charge in [0.05, 0.1) is 11.3 Å². The van der Waals surface area contributed by atoms with Crippen LogP contribution in [0.4, 0.5) is 5.69 Å². The summed E-state index contributed by atoms with van der Waals surface area (Å²) < 4.78 is 0. The third kappa shape index (κ3) is 3.41. The number of terminal acetylenes is 1. The molecule has 0 spiro atoms. The number of rotatable bonds is 3. The third-order valence-corrected chi connectivity index (χ3v) is 3.60. The molecule has 1 heterocycles. The van der Waals surface area contributed by atoms with Gasteiger partial charge < -0.3 is 4.90 Å². The van der Waals surface area contributed by atoms with Gasteiger partial charge in [-0.1, -0.05) is 11.6 Å². The number of benzene rings is 1. The summed E-state index contributed by atoms with van der Waals surface area (Å²) in [6, 6.07) is 7.63. The lowest BCUT2D eigenvalue weighted by Gasteiger charge is -2.36. The normalized spacial score (nSPS) is 15.8. The van der Waals surface area contributed by atoms with Gasteiger partial charge in [0.1, 0.15) is 6.07 Å². The van der Waals surface area contributed by atoms with Crippen molar-refractivity contribution in [2.24, 2.45) is 0 Å². The van der Waals surface area contributed by atoms with Crippen LogP contribution in [0.15, 0.2) is 18.2 Å². The van der Waals surface area contributed by atoms with Gasteiger partial charge in [-0.15, -0.1) is 12.3 Å². The molecule has 1 aliphatic heterocycles. The maximum atomic E-state index is 9.16. The van der Waals surface area contributed by atoms with E-state index in [1.807, 2.05) is 6.07 Å². The predicted octanol–water partition coefficient (Wildman–Crippen LogP) is 2.36. The lowest BCUT2D eigenvalue weighted by atomic mass is 10.1. The molecule has 0 bridgehead atoms. The number of hydrogen-bond acceptors (Lipinski definition) is 3. The van der Waals surface area contributed by atoms with Crippen molar-refractivity contribution in [2.75, 3.05) is 37.6 Å². The lowest BCUT2D eigenvalue weighted by molar-refractivity contribution is 0.264. The molecule has 0 unspecified atom stereocenters. The average Bonchev–Trinajstić information content (AvgIpc) is 2.45. The van der Waals surface area contributed by atoms with Gasteiger partial charge >= 0.3 is 0 Å². The summed E-state index contributed by atoms with van der Waals surface area (Å²) in [6.45, 7) is 4.70. The lowest BCUT2D eigenvalue weighted by Crippen LogP contribution is -2.46. The van der Waals surface area contributed by atoms with Crippen LogP contribution in [-0.2, 0) is 0 Å². The van der Waals surface area contributed by atoms with E-state index in [-0.39, 0.29) is 0 Å². The second-order valence-electron chi connectivity index (χ2n) is 4.56. The molecule has 0 aliphatic carbocycles. The minimum absolute atomic E-state index is 0.670. The summed E-state index contributed by atoms with van der Waals surface area (Å²) in [4.78, 5) is 4.57. The Kier molecular flexibility index (Phi) is 4.68. The van der Waals surface area contributed by atoms with E-state index in [1.165, 1.54) is 0 Å². The van der Waals surface area contributed by atoms with E-state index in [0.717, 1.165) is 44.8 Å². The second-order valence-corrected chi connectivity index (χ2v) is 4.99. The van der Waals surface area contributed by atoms with Crippen LogP contribution in [-0.4, -0.2) is 37.6 Å². The molecule has 3 nitrogen and oxygen atoms in total. The predicted molar refractivity (Wildman–Crippen MR) is 78.3 cm³/mol. The first kappa shape index (κ1) is 13.7. The Balaban J connectivity index is 2.04. The number of hydrogen-bond donors (Lipinski definition) is 0. The Labute approximate surface area is 119 Å². The van der Waals surface area contributed by atoms with Crippen LogP contribution >= 0.6 is 11.6 Å². The van der Waals surface area contributed by atoms with E-state index in [2.05, 4.69) is 21.8 Å². The minimum Gasteiger partial charge on any atom is -0.368 e. The first-order valence-corrected chi connectivity index (χ1v) is 6.73. The first-order chi connectivity index (χ1) is 9.24. The van der Waals surface area contributed by atoms with E-state index < -0.39 is 0 Å². The highest BCUT2D eigenvalue weighted by Gasteiger charge is 2.19. The van der Waals surface area contributed by atoms with Gasteiger partial charge in [-0.2, -0.15) is 5.26 Å². The first-order valence-electron chi connectivity index (χ1n) is 6.35. The van der Waals surface area contributed by atoms with Gasteiger partial charge in [-0.3, -0.25) is 4.90 Å². The van der Waals surface area contributed by atoms with Gasteiger partial charge in [0.2, 0.25) is 0 Å². The molecule has 4 heteroatoms. The molecular weight excluding hydrogens is 258 g/mol. The molecule has 1 aromatic rings. The van der Waals surface area contributed by atoms with E-state index in [1.54, 1.807) is 12.1 Å². The molecule has 0 amide bonds. The van der Waals surface area contributed by atoms with E-state index in [4.69, 9.17) is 23.3 Å². The summed E-state index contributed by atoms with van der Waals surface area (Å²) >= 11 is 6.02. The van der Waals surface area contributed by atoms with Crippen molar-refractivity contribution in [3.8, 4) is 18.4 Å². The molecule has 1 aromatic carbocycles. The van der Waals surface area contributed by atoms with E-state index in [9.17, 15) is 0 Å².